The second-order valence-electron chi connectivity index (χ2n) is 1.82. The molecule has 0 aliphatic carbocycles. The lowest BCUT2D eigenvalue weighted by Gasteiger charge is -1.95. The number of aromatic nitrogens is 1. The van der Waals surface area contributed by atoms with Crippen LogP contribution in [0.5, 0.6) is 0 Å². The Kier molecular flexibility index (Phi) is 1.99. The van der Waals surface area contributed by atoms with E-state index in [0.29, 0.717) is 5.56 Å². The van der Waals surface area contributed by atoms with Gasteiger partial charge in [0.1, 0.15) is 0 Å². The molecular formula is C7H8N2O. The van der Waals surface area contributed by atoms with E-state index in [1.165, 1.54) is 6.20 Å². The average molecular weight is 135 g/mol. The fraction of sp³-hybridized carbons (Fsp3) is 0.143. The van der Waals surface area contributed by atoms with Crippen molar-refractivity contribution in [1.29, 1.82) is 0 Å². The molecule has 1 rings (SSSR count). The summed E-state index contributed by atoms with van der Waals surface area (Å²) in [6.45, 7) is 0. The smallest absolute Gasteiger partial charge is 0.252 e. The highest BCUT2D eigenvalue weighted by Gasteiger charge is 1.98. The quantitative estimate of drug-likeness (QED) is 0.607. The number of rotatable bonds is 1. The highest BCUT2D eigenvalue weighted by atomic mass is 16.1. The van der Waals surface area contributed by atoms with Gasteiger partial charge < -0.3 is 5.32 Å². The van der Waals surface area contributed by atoms with Crippen LogP contribution in [0.15, 0.2) is 24.5 Å². The minimum absolute atomic E-state index is 0.104. The zero-order valence-corrected chi connectivity index (χ0v) is 5.66. The highest BCUT2D eigenvalue weighted by molar-refractivity contribution is 5.93. The van der Waals surface area contributed by atoms with Gasteiger partial charge in [-0.2, -0.15) is 0 Å². The van der Waals surface area contributed by atoms with Crippen molar-refractivity contribution in [2.24, 2.45) is 0 Å². The molecule has 0 aliphatic heterocycles. The first-order valence-corrected chi connectivity index (χ1v) is 2.96. The van der Waals surface area contributed by atoms with Crippen molar-refractivity contribution in [1.82, 2.24) is 10.3 Å². The number of carbonyl (C=O) groups is 1. The first kappa shape index (κ1) is 6.74. The summed E-state index contributed by atoms with van der Waals surface area (Å²) in [5.41, 5.74) is 0.588. The molecule has 1 aromatic rings. The first-order chi connectivity index (χ1) is 4.84. The lowest BCUT2D eigenvalue weighted by Crippen LogP contribution is -2.17. The maximum atomic E-state index is 10.9. The van der Waals surface area contributed by atoms with Gasteiger partial charge in [-0.05, 0) is 12.1 Å². The van der Waals surface area contributed by atoms with Crippen LogP contribution in [0.25, 0.3) is 0 Å². The zero-order chi connectivity index (χ0) is 7.40. The molecule has 1 amide bonds. The van der Waals surface area contributed by atoms with Gasteiger partial charge in [0.2, 0.25) is 0 Å². The molecule has 0 saturated heterocycles. The average Bonchev–Trinajstić information content (AvgIpc) is 2.05. The Morgan fingerprint density at radius 3 is 3.00 bits per heavy atom. The van der Waals surface area contributed by atoms with Crippen molar-refractivity contribution >= 4 is 5.91 Å². The number of pyridine rings is 1. The van der Waals surface area contributed by atoms with Gasteiger partial charge in [0.05, 0.1) is 5.56 Å². The minimum Gasteiger partial charge on any atom is -0.355 e. The Balaban J connectivity index is 2.85. The molecular weight excluding hydrogens is 127 g/mol. The van der Waals surface area contributed by atoms with Crippen molar-refractivity contribution in [3.63, 3.8) is 0 Å². The third-order valence-corrected chi connectivity index (χ3v) is 1.15. The molecule has 0 spiro atoms. The second-order valence-corrected chi connectivity index (χ2v) is 1.82. The van der Waals surface area contributed by atoms with Crippen LogP contribution in [0.3, 0.4) is 0 Å². The Hall–Kier alpha value is -1.38. The molecule has 3 nitrogen and oxygen atoms in total. The Morgan fingerprint density at radius 2 is 2.50 bits per heavy atom. The summed E-state index contributed by atoms with van der Waals surface area (Å²) in [5.74, 6) is -0.104. The van der Waals surface area contributed by atoms with Crippen LogP contribution in [0.4, 0.5) is 0 Å². The number of hydrogen-bond acceptors (Lipinski definition) is 2. The third kappa shape index (κ3) is 1.31. The van der Waals surface area contributed by atoms with Gasteiger partial charge in [-0.15, -0.1) is 0 Å². The number of hydrogen-bond donors (Lipinski definition) is 1. The summed E-state index contributed by atoms with van der Waals surface area (Å²) in [6, 6.07) is 3.44. The van der Waals surface area contributed by atoms with Crippen molar-refractivity contribution in [2.45, 2.75) is 0 Å². The van der Waals surface area contributed by atoms with E-state index in [-0.39, 0.29) is 5.91 Å². The molecule has 1 heterocycles. The summed E-state index contributed by atoms with van der Waals surface area (Å²) in [4.78, 5) is 14.7. The second kappa shape index (κ2) is 2.96. The van der Waals surface area contributed by atoms with Crippen molar-refractivity contribution in [2.75, 3.05) is 7.05 Å². The van der Waals surface area contributed by atoms with E-state index in [0.717, 1.165) is 0 Å². The van der Waals surface area contributed by atoms with E-state index in [1.807, 2.05) is 0 Å². The number of nitrogens with zero attached hydrogens (tertiary/aromatic N) is 1. The molecule has 0 unspecified atom stereocenters. The summed E-state index contributed by atoms with van der Waals surface area (Å²) < 4.78 is 0. The molecule has 52 valence electrons. The third-order valence-electron chi connectivity index (χ3n) is 1.15. The van der Waals surface area contributed by atoms with Crippen molar-refractivity contribution < 1.29 is 4.79 Å². The molecule has 0 atom stereocenters. The molecule has 0 aromatic carbocycles. The van der Waals surface area contributed by atoms with Crippen molar-refractivity contribution in [3.05, 3.63) is 30.1 Å². The van der Waals surface area contributed by atoms with E-state index in [2.05, 4.69) is 10.3 Å². The van der Waals surface area contributed by atoms with Gasteiger partial charge >= 0.3 is 0 Å². The minimum atomic E-state index is -0.104. The van der Waals surface area contributed by atoms with Crippen LogP contribution in [0.1, 0.15) is 10.4 Å². The predicted molar refractivity (Wildman–Crippen MR) is 37.6 cm³/mol. The van der Waals surface area contributed by atoms with E-state index in [4.69, 9.17) is 0 Å². The molecule has 1 aromatic heterocycles. The Morgan fingerprint density at radius 1 is 1.70 bits per heavy atom. The van der Waals surface area contributed by atoms with Gasteiger partial charge in [0.25, 0.3) is 5.91 Å². The summed E-state index contributed by atoms with van der Waals surface area (Å²) in [7, 11) is 1.59. The van der Waals surface area contributed by atoms with Crippen molar-refractivity contribution in [3.8, 4) is 0 Å². The molecule has 0 aliphatic rings. The van der Waals surface area contributed by atoms with Crippen LogP contribution >= 0.6 is 0 Å². The topological polar surface area (TPSA) is 42.0 Å². The molecule has 1 N–H and O–H groups in total. The molecule has 0 radical (unpaired) electrons. The number of amides is 1. The van der Waals surface area contributed by atoms with Crippen LogP contribution in [-0.2, 0) is 0 Å². The largest absolute Gasteiger partial charge is 0.355 e. The maximum Gasteiger partial charge on any atom is 0.252 e. The van der Waals surface area contributed by atoms with Gasteiger partial charge in [-0.1, -0.05) is 0 Å². The Bertz CT molecular complexity index is 220. The first-order valence-electron chi connectivity index (χ1n) is 2.96. The van der Waals surface area contributed by atoms with E-state index < -0.39 is 0 Å². The van der Waals surface area contributed by atoms with E-state index >= 15 is 0 Å². The predicted octanol–water partition coefficient (Wildman–Crippen LogP) is 0.441. The molecule has 0 bridgehead atoms. The molecule has 0 fully saturated rings. The number of carbonyl (C=O) groups excluding carboxylic acids is 1. The summed E-state index contributed by atoms with van der Waals surface area (Å²) in [6.07, 6.45) is 3.16. The Labute approximate surface area is 59.1 Å². The van der Waals surface area contributed by atoms with Gasteiger partial charge in [-0.25, -0.2) is 0 Å². The monoisotopic (exact) mass is 135 g/mol. The van der Waals surface area contributed by atoms with E-state index in [1.54, 1.807) is 25.4 Å². The molecule has 3 heteroatoms. The van der Waals surface area contributed by atoms with E-state index in [9.17, 15) is 4.79 Å². The lowest BCUT2D eigenvalue weighted by molar-refractivity contribution is 0.0963. The lowest BCUT2D eigenvalue weighted by atomic mass is 10.2. The molecule has 0 saturated carbocycles. The fourth-order valence-electron chi connectivity index (χ4n) is 0.641. The van der Waals surface area contributed by atoms with Crippen LogP contribution < -0.4 is 5.32 Å². The van der Waals surface area contributed by atoms with Crippen LogP contribution in [0.2, 0.25) is 0 Å². The summed E-state index contributed by atoms with van der Waals surface area (Å²) >= 11 is 0. The molecule has 10 heavy (non-hydrogen) atoms. The SMILES string of the molecule is [11CH3]NC(=O)c1cccnc1. The highest BCUT2D eigenvalue weighted by Crippen LogP contribution is 1.93. The zero-order valence-electron chi connectivity index (χ0n) is 5.66. The fourth-order valence-corrected chi connectivity index (χ4v) is 0.641. The maximum absolute atomic E-state index is 10.9. The van der Waals surface area contributed by atoms with Gasteiger partial charge in [0, 0.05) is 19.4 Å². The summed E-state index contributed by atoms with van der Waals surface area (Å²) in [5, 5.41) is 2.50. The number of nitrogens with one attached hydrogen (secondary N) is 1. The van der Waals surface area contributed by atoms with Gasteiger partial charge in [0.15, 0.2) is 0 Å². The van der Waals surface area contributed by atoms with Crippen LogP contribution in [0, 0.1) is 0 Å². The van der Waals surface area contributed by atoms with Gasteiger partial charge in [-0.3, -0.25) is 9.78 Å². The normalized spacial score (nSPS) is 8.90. The van der Waals surface area contributed by atoms with Crippen LogP contribution in [-0.4, -0.2) is 17.9 Å². The standard InChI is InChI=1S/C7H8N2O/c1-8-7(10)6-3-2-4-9-5-6/h2-5H,1H3,(H,8,10)/i1-1.